The first-order valence-corrected chi connectivity index (χ1v) is 6.63. The highest BCUT2D eigenvalue weighted by Gasteiger charge is 2.23. The Bertz CT molecular complexity index is 336. The molecular weight excluding hydrogens is 256 g/mol. The third-order valence-corrected chi connectivity index (χ3v) is 3.86. The van der Waals surface area contributed by atoms with Crippen LogP contribution in [0.5, 0.6) is 0 Å². The summed E-state index contributed by atoms with van der Waals surface area (Å²) in [7, 11) is 1.90. The van der Waals surface area contributed by atoms with Crippen LogP contribution in [0.3, 0.4) is 0 Å². The molecule has 1 saturated heterocycles. The molecule has 96 valence electrons. The van der Waals surface area contributed by atoms with Crippen LogP contribution in [0.1, 0.15) is 17.7 Å². The maximum atomic E-state index is 12.1. The second-order valence-electron chi connectivity index (χ2n) is 4.32. The lowest BCUT2D eigenvalue weighted by atomic mass is 9.98. The van der Waals surface area contributed by atoms with Crippen molar-refractivity contribution < 1.29 is 4.79 Å². The fourth-order valence-electron chi connectivity index (χ4n) is 2.09. The van der Waals surface area contributed by atoms with Gasteiger partial charge in [0, 0.05) is 18.5 Å². The van der Waals surface area contributed by atoms with Crippen LogP contribution in [0.2, 0.25) is 0 Å². The van der Waals surface area contributed by atoms with Crippen LogP contribution < -0.4 is 5.32 Å². The van der Waals surface area contributed by atoms with Crippen molar-refractivity contribution in [1.82, 2.24) is 10.2 Å². The normalized spacial score (nSPS) is 19.5. The second kappa shape index (κ2) is 6.99. The summed E-state index contributed by atoms with van der Waals surface area (Å²) >= 11 is 1.71. The summed E-state index contributed by atoms with van der Waals surface area (Å²) in [4.78, 5) is 15.2. The lowest BCUT2D eigenvalue weighted by Crippen LogP contribution is -2.41. The van der Waals surface area contributed by atoms with Gasteiger partial charge in [-0.2, -0.15) is 0 Å². The highest BCUT2D eigenvalue weighted by Crippen LogP contribution is 2.16. The monoisotopic (exact) mass is 274 g/mol. The minimum atomic E-state index is 0. The topological polar surface area (TPSA) is 32.3 Å². The van der Waals surface area contributed by atoms with E-state index in [0.717, 1.165) is 32.5 Å². The van der Waals surface area contributed by atoms with Gasteiger partial charge in [0.05, 0.1) is 12.5 Å². The van der Waals surface area contributed by atoms with E-state index in [2.05, 4.69) is 16.8 Å². The molecule has 5 heteroatoms. The second-order valence-corrected chi connectivity index (χ2v) is 5.35. The van der Waals surface area contributed by atoms with E-state index >= 15 is 0 Å². The summed E-state index contributed by atoms with van der Waals surface area (Å²) in [5, 5.41) is 5.34. The third-order valence-electron chi connectivity index (χ3n) is 3.00. The predicted octanol–water partition coefficient (Wildman–Crippen LogP) is 2.13. The van der Waals surface area contributed by atoms with E-state index in [0.29, 0.717) is 0 Å². The summed E-state index contributed by atoms with van der Waals surface area (Å²) in [5.74, 6) is 0.458. The molecule has 1 amide bonds. The summed E-state index contributed by atoms with van der Waals surface area (Å²) in [6.45, 7) is 2.64. The number of thiophene rings is 1. The van der Waals surface area contributed by atoms with Gasteiger partial charge in [0.2, 0.25) is 5.91 Å². The Balaban J connectivity index is 0.00000144. The van der Waals surface area contributed by atoms with Crippen molar-refractivity contribution in [3.8, 4) is 0 Å². The molecule has 1 fully saturated rings. The molecule has 1 aromatic rings. The zero-order chi connectivity index (χ0) is 11.4. The Kier molecular flexibility index (Phi) is 5.95. The predicted molar refractivity (Wildman–Crippen MR) is 73.6 cm³/mol. The first-order chi connectivity index (χ1) is 7.77. The molecule has 1 aliphatic rings. The molecule has 0 bridgehead atoms. The molecule has 0 spiro atoms. The number of halogens is 1. The first-order valence-electron chi connectivity index (χ1n) is 5.75. The van der Waals surface area contributed by atoms with Crippen LogP contribution in [-0.2, 0) is 11.3 Å². The van der Waals surface area contributed by atoms with Gasteiger partial charge in [-0.05, 0) is 30.8 Å². The molecule has 1 atom stereocenters. The average molecular weight is 275 g/mol. The van der Waals surface area contributed by atoms with Crippen LogP contribution in [-0.4, -0.2) is 30.9 Å². The Morgan fingerprint density at radius 3 is 3.06 bits per heavy atom. The molecule has 2 rings (SSSR count). The van der Waals surface area contributed by atoms with E-state index in [1.54, 1.807) is 11.3 Å². The van der Waals surface area contributed by atoms with Gasteiger partial charge in [-0.25, -0.2) is 0 Å². The number of nitrogens with one attached hydrogen (secondary N) is 1. The molecule has 0 radical (unpaired) electrons. The zero-order valence-electron chi connectivity index (χ0n) is 10.0. The highest BCUT2D eigenvalue weighted by molar-refractivity contribution is 7.09. The fraction of sp³-hybridized carbons (Fsp3) is 0.583. The molecule has 3 nitrogen and oxygen atoms in total. The van der Waals surface area contributed by atoms with Gasteiger partial charge in [-0.15, -0.1) is 23.7 Å². The highest BCUT2D eigenvalue weighted by atomic mass is 35.5. The van der Waals surface area contributed by atoms with Gasteiger partial charge in [0.25, 0.3) is 0 Å². The zero-order valence-corrected chi connectivity index (χ0v) is 11.6. The number of carbonyl (C=O) groups is 1. The summed E-state index contributed by atoms with van der Waals surface area (Å²) < 4.78 is 0. The lowest BCUT2D eigenvalue weighted by molar-refractivity contribution is -0.135. The summed E-state index contributed by atoms with van der Waals surface area (Å²) in [5.41, 5.74) is 0. The SMILES string of the molecule is CN(Cc1cccs1)C(=O)[C@@H]1CCCNC1.Cl. The van der Waals surface area contributed by atoms with Gasteiger partial charge in [-0.3, -0.25) is 4.79 Å². The van der Waals surface area contributed by atoms with E-state index in [-0.39, 0.29) is 24.2 Å². The molecule has 17 heavy (non-hydrogen) atoms. The van der Waals surface area contributed by atoms with Crippen molar-refractivity contribution in [3.63, 3.8) is 0 Å². The van der Waals surface area contributed by atoms with E-state index < -0.39 is 0 Å². The smallest absolute Gasteiger partial charge is 0.227 e. The fourth-order valence-corrected chi connectivity index (χ4v) is 2.85. The molecule has 0 saturated carbocycles. The minimum absolute atomic E-state index is 0. The Hall–Kier alpha value is -0.580. The van der Waals surface area contributed by atoms with Crippen molar-refractivity contribution >= 4 is 29.7 Å². The van der Waals surface area contributed by atoms with Crippen LogP contribution in [0.25, 0.3) is 0 Å². The van der Waals surface area contributed by atoms with Crippen molar-refractivity contribution in [3.05, 3.63) is 22.4 Å². The van der Waals surface area contributed by atoms with Crippen molar-refractivity contribution in [2.24, 2.45) is 5.92 Å². The standard InChI is InChI=1S/C12H18N2OS.ClH/c1-14(9-11-5-3-7-16-11)12(15)10-4-2-6-13-8-10;/h3,5,7,10,13H,2,4,6,8-9H2,1H3;1H/t10-;/m1./s1. The quantitative estimate of drug-likeness (QED) is 0.916. The van der Waals surface area contributed by atoms with Crippen molar-refractivity contribution in [1.29, 1.82) is 0 Å². The van der Waals surface area contributed by atoms with Crippen LogP contribution in [0.4, 0.5) is 0 Å². The molecular formula is C12H19ClN2OS. The molecule has 0 aliphatic carbocycles. The molecule has 1 N–H and O–H groups in total. The van der Waals surface area contributed by atoms with E-state index in [1.807, 2.05) is 18.0 Å². The molecule has 1 aliphatic heterocycles. The molecule has 2 heterocycles. The largest absolute Gasteiger partial charge is 0.340 e. The van der Waals surface area contributed by atoms with Gasteiger partial charge < -0.3 is 10.2 Å². The van der Waals surface area contributed by atoms with E-state index in [9.17, 15) is 4.79 Å². The number of rotatable bonds is 3. The van der Waals surface area contributed by atoms with Crippen molar-refractivity contribution in [2.75, 3.05) is 20.1 Å². The lowest BCUT2D eigenvalue weighted by Gasteiger charge is -2.26. The van der Waals surface area contributed by atoms with Crippen LogP contribution in [0.15, 0.2) is 17.5 Å². The van der Waals surface area contributed by atoms with Gasteiger partial charge in [0.15, 0.2) is 0 Å². The van der Waals surface area contributed by atoms with E-state index in [1.165, 1.54) is 4.88 Å². The maximum absolute atomic E-state index is 12.1. The molecule has 0 aromatic carbocycles. The van der Waals surface area contributed by atoms with Gasteiger partial charge >= 0.3 is 0 Å². The van der Waals surface area contributed by atoms with Gasteiger partial charge in [-0.1, -0.05) is 6.07 Å². The average Bonchev–Trinajstić information content (AvgIpc) is 2.82. The number of hydrogen-bond acceptors (Lipinski definition) is 3. The maximum Gasteiger partial charge on any atom is 0.227 e. The number of carbonyl (C=O) groups excluding carboxylic acids is 1. The van der Waals surface area contributed by atoms with Gasteiger partial charge in [0.1, 0.15) is 0 Å². The first kappa shape index (κ1) is 14.5. The molecule has 1 aromatic heterocycles. The Labute approximate surface area is 113 Å². The number of nitrogens with zero attached hydrogens (tertiary/aromatic N) is 1. The number of amides is 1. The van der Waals surface area contributed by atoms with E-state index in [4.69, 9.17) is 0 Å². The van der Waals surface area contributed by atoms with Crippen LogP contribution in [0, 0.1) is 5.92 Å². The summed E-state index contributed by atoms with van der Waals surface area (Å²) in [6, 6.07) is 4.11. The third kappa shape index (κ3) is 3.98. The Morgan fingerprint density at radius 1 is 1.65 bits per heavy atom. The number of hydrogen-bond donors (Lipinski definition) is 1. The molecule has 0 unspecified atom stereocenters. The summed E-state index contributed by atoms with van der Waals surface area (Å²) in [6.07, 6.45) is 2.14. The van der Waals surface area contributed by atoms with Crippen molar-refractivity contribution in [2.45, 2.75) is 19.4 Å². The Morgan fingerprint density at radius 2 is 2.47 bits per heavy atom. The van der Waals surface area contributed by atoms with Crippen LogP contribution >= 0.6 is 23.7 Å². The minimum Gasteiger partial charge on any atom is -0.340 e. The number of piperidine rings is 1.